The maximum atomic E-state index is 12.3. The van der Waals surface area contributed by atoms with E-state index < -0.39 is 0 Å². The third-order valence-corrected chi connectivity index (χ3v) is 2.94. The van der Waals surface area contributed by atoms with Gasteiger partial charge in [0.15, 0.2) is 5.78 Å². The van der Waals surface area contributed by atoms with E-state index in [2.05, 4.69) is 0 Å². The zero-order chi connectivity index (χ0) is 13.0. The van der Waals surface area contributed by atoms with Gasteiger partial charge in [0.2, 0.25) is 0 Å². The van der Waals surface area contributed by atoms with E-state index in [0.29, 0.717) is 6.54 Å². The van der Waals surface area contributed by atoms with Crippen LogP contribution in [0.25, 0.3) is 0 Å². The number of rotatable bonds is 4. The van der Waals surface area contributed by atoms with Crippen LogP contribution in [0.1, 0.15) is 27.0 Å². The molecule has 0 aliphatic rings. The Hall–Kier alpha value is -1.93. The number of carbonyl (C=O) groups is 1. The molecule has 0 saturated heterocycles. The maximum Gasteiger partial charge on any atom is 0.193 e. The number of carbonyl (C=O) groups excluding carboxylic acids is 1. The fourth-order valence-corrected chi connectivity index (χ4v) is 1.91. The topological polar surface area (TPSA) is 43.1 Å². The van der Waals surface area contributed by atoms with Gasteiger partial charge in [-0.25, -0.2) is 0 Å². The minimum atomic E-state index is 0.0638. The summed E-state index contributed by atoms with van der Waals surface area (Å²) in [6, 6.07) is 15.3. The zero-order valence-corrected chi connectivity index (χ0v) is 10.5. The molecule has 0 radical (unpaired) electrons. The van der Waals surface area contributed by atoms with Gasteiger partial charge >= 0.3 is 0 Å². The molecule has 2 heteroatoms. The van der Waals surface area contributed by atoms with Crippen LogP contribution in [0.5, 0.6) is 0 Å². The fourth-order valence-electron chi connectivity index (χ4n) is 1.91. The van der Waals surface area contributed by atoms with Gasteiger partial charge in [-0.3, -0.25) is 4.79 Å². The second-order valence-corrected chi connectivity index (χ2v) is 4.43. The molecule has 0 saturated carbocycles. The van der Waals surface area contributed by atoms with Crippen LogP contribution in [0.4, 0.5) is 0 Å². The molecule has 0 unspecified atom stereocenters. The quantitative estimate of drug-likeness (QED) is 0.834. The van der Waals surface area contributed by atoms with Gasteiger partial charge in [-0.2, -0.15) is 0 Å². The normalized spacial score (nSPS) is 10.3. The average molecular weight is 239 g/mol. The van der Waals surface area contributed by atoms with Crippen LogP contribution in [0.15, 0.2) is 48.5 Å². The first-order chi connectivity index (χ1) is 8.70. The van der Waals surface area contributed by atoms with Crippen LogP contribution >= 0.6 is 0 Å². The molecular weight excluding hydrogens is 222 g/mol. The summed E-state index contributed by atoms with van der Waals surface area (Å²) < 4.78 is 0. The van der Waals surface area contributed by atoms with Crippen molar-refractivity contribution in [2.75, 3.05) is 6.54 Å². The molecule has 0 atom stereocenters. The zero-order valence-electron chi connectivity index (χ0n) is 10.5. The molecule has 2 aromatic carbocycles. The van der Waals surface area contributed by atoms with Gasteiger partial charge in [-0.05, 0) is 31.5 Å². The predicted octanol–water partition coefficient (Wildman–Crippen LogP) is 2.73. The van der Waals surface area contributed by atoms with Crippen molar-refractivity contribution in [1.82, 2.24) is 0 Å². The van der Waals surface area contributed by atoms with E-state index in [1.54, 1.807) is 0 Å². The SMILES string of the molecule is Cc1ccc(C(=O)c2cccc(CCN)c2)cc1. The van der Waals surface area contributed by atoms with Crippen LogP contribution in [0.2, 0.25) is 0 Å². The summed E-state index contributed by atoms with van der Waals surface area (Å²) >= 11 is 0. The summed E-state index contributed by atoms with van der Waals surface area (Å²) in [6.07, 6.45) is 0.801. The van der Waals surface area contributed by atoms with Crippen LogP contribution in [0.3, 0.4) is 0 Å². The number of hydrogen-bond donors (Lipinski definition) is 1. The van der Waals surface area contributed by atoms with Crippen molar-refractivity contribution in [1.29, 1.82) is 0 Å². The number of nitrogens with two attached hydrogens (primary N) is 1. The van der Waals surface area contributed by atoms with Gasteiger partial charge in [0.25, 0.3) is 0 Å². The number of benzene rings is 2. The summed E-state index contributed by atoms with van der Waals surface area (Å²) in [5.74, 6) is 0.0638. The number of ketones is 1. The predicted molar refractivity (Wildman–Crippen MR) is 73.8 cm³/mol. The molecular formula is C16H17NO. The van der Waals surface area contributed by atoms with Crippen molar-refractivity contribution in [2.45, 2.75) is 13.3 Å². The van der Waals surface area contributed by atoms with Gasteiger partial charge in [-0.1, -0.05) is 48.0 Å². The monoisotopic (exact) mass is 239 g/mol. The molecule has 92 valence electrons. The summed E-state index contributed by atoms with van der Waals surface area (Å²) in [7, 11) is 0. The highest BCUT2D eigenvalue weighted by Gasteiger charge is 2.08. The van der Waals surface area contributed by atoms with Crippen molar-refractivity contribution in [2.24, 2.45) is 5.73 Å². The minimum absolute atomic E-state index is 0.0638. The van der Waals surface area contributed by atoms with E-state index >= 15 is 0 Å². The third kappa shape index (κ3) is 2.84. The highest BCUT2D eigenvalue weighted by atomic mass is 16.1. The highest BCUT2D eigenvalue weighted by molar-refractivity contribution is 6.09. The Morgan fingerprint density at radius 2 is 1.78 bits per heavy atom. The van der Waals surface area contributed by atoms with Gasteiger partial charge < -0.3 is 5.73 Å². The fraction of sp³-hybridized carbons (Fsp3) is 0.188. The van der Waals surface area contributed by atoms with Crippen molar-refractivity contribution < 1.29 is 4.79 Å². The van der Waals surface area contributed by atoms with Crippen molar-refractivity contribution >= 4 is 5.78 Å². The first-order valence-corrected chi connectivity index (χ1v) is 6.11. The second-order valence-electron chi connectivity index (χ2n) is 4.43. The van der Waals surface area contributed by atoms with E-state index in [1.807, 2.05) is 55.5 Å². The average Bonchev–Trinajstić information content (AvgIpc) is 2.39. The Bertz CT molecular complexity index is 543. The molecule has 0 heterocycles. The van der Waals surface area contributed by atoms with Crippen LogP contribution in [-0.4, -0.2) is 12.3 Å². The molecule has 0 aliphatic heterocycles. The Morgan fingerprint density at radius 1 is 1.06 bits per heavy atom. The Balaban J connectivity index is 2.28. The molecule has 2 aromatic rings. The van der Waals surface area contributed by atoms with Crippen molar-refractivity contribution in [3.05, 3.63) is 70.8 Å². The lowest BCUT2D eigenvalue weighted by molar-refractivity contribution is 0.103. The third-order valence-electron chi connectivity index (χ3n) is 2.94. The Morgan fingerprint density at radius 3 is 2.44 bits per heavy atom. The first-order valence-electron chi connectivity index (χ1n) is 6.11. The first kappa shape index (κ1) is 12.5. The van der Waals surface area contributed by atoms with Gasteiger partial charge in [0.1, 0.15) is 0 Å². The van der Waals surface area contributed by atoms with Crippen molar-refractivity contribution in [3.8, 4) is 0 Å². The lowest BCUT2D eigenvalue weighted by atomic mass is 10.00. The van der Waals surface area contributed by atoms with E-state index in [9.17, 15) is 4.79 Å². The molecule has 0 amide bonds. The van der Waals surface area contributed by atoms with Gasteiger partial charge in [0, 0.05) is 11.1 Å². The minimum Gasteiger partial charge on any atom is -0.330 e. The highest BCUT2D eigenvalue weighted by Crippen LogP contribution is 2.13. The summed E-state index contributed by atoms with van der Waals surface area (Å²) in [5.41, 5.74) is 9.25. The smallest absolute Gasteiger partial charge is 0.193 e. The molecule has 18 heavy (non-hydrogen) atoms. The van der Waals surface area contributed by atoms with E-state index in [1.165, 1.54) is 0 Å². The van der Waals surface area contributed by atoms with Gasteiger partial charge in [0.05, 0.1) is 0 Å². The maximum absolute atomic E-state index is 12.3. The molecule has 0 spiro atoms. The largest absolute Gasteiger partial charge is 0.330 e. The summed E-state index contributed by atoms with van der Waals surface area (Å²) in [5, 5.41) is 0. The molecule has 0 aromatic heterocycles. The Labute approximate surface area is 107 Å². The van der Waals surface area contributed by atoms with E-state index in [4.69, 9.17) is 5.73 Å². The van der Waals surface area contributed by atoms with E-state index in [-0.39, 0.29) is 5.78 Å². The molecule has 2 nitrogen and oxygen atoms in total. The van der Waals surface area contributed by atoms with Crippen molar-refractivity contribution in [3.63, 3.8) is 0 Å². The van der Waals surface area contributed by atoms with Crippen LogP contribution < -0.4 is 5.73 Å². The summed E-state index contributed by atoms with van der Waals surface area (Å²) in [4.78, 5) is 12.3. The van der Waals surface area contributed by atoms with Gasteiger partial charge in [-0.15, -0.1) is 0 Å². The van der Waals surface area contributed by atoms with Crippen LogP contribution in [-0.2, 0) is 6.42 Å². The molecule has 0 aliphatic carbocycles. The lowest BCUT2D eigenvalue weighted by Gasteiger charge is -2.04. The molecule has 2 N–H and O–H groups in total. The number of hydrogen-bond acceptors (Lipinski definition) is 2. The Kier molecular flexibility index (Phi) is 3.90. The lowest BCUT2D eigenvalue weighted by Crippen LogP contribution is -2.05. The number of aryl methyl sites for hydroxylation is 1. The van der Waals surface area contributed by atoms with E-state index in [0.717, 1.165) is 28.7 Å². The molecule has 0 fully saturated rings. The second kappa shape index (κ2) is 5.61. The molecule has 2 rings (SSSR count). The summed E-state index contributed by atoms with van der Waals surface area (Å²) in [6.45, 7) is 2.61. The standard InChI is InChI=1S/C16H17NO/c1-12-5-7-14(8-6-12)16(18)15-4-2-3-13(11-15)9-10-17/h2-8,11H,9-10,17H2,1H3. The molecule has 0 bridgehead atoms. The van der Waals surface area contributed by atoms with Crippen LogP contribution in [0, 0.1) is 6.92 Å².